The molecule has 4 nitrogen and oxygen atoms in total. The van der Waals surface area contributed by atoms with Gasteiger partial charge < -0.3 is 10.4 Å². The van der Waals surface area contributed by atoms with Crippen molar-refractivity contribution in [3.8, 4) is 0 Å². The predicted molar refractivity (Wildman–Crippen MR) is 75.1 cm³/mol. The molecule has 0 saturated heterocycles. The van der Waals surface area contributed by atoms with Gasteiger partial charge in [0.15, 0.2) is 0 Å². The number of carboxylic acids is 1. The summed E-state index contributed by atoms with van der Waals surface area (Å²) in [4.78, 5) is 22.7. The SMILES string of the molecule is CCC(CC)CC(=O)Nc1ccccc1CC(=O)O. The maximum Gasteiger partial charge on any atom is 0.307 e. The first-order valence-electron chi connectivity index (χ1n) is 6.66. The van der Waals surface area contributed by atoms with Crippen LogP contribution in [0.5, 0.6) is 0 Å². The molecule has 0 spiro atoms. The second-order valence-electron chi connectivity index (χ2n) is 4.66. The van der Waals surface area contributed by atoms with Crippen LogP contribution in [-0.4, -0.2) is 17.0 Å². The zero-order valence-electron chi connectivity index (χ0n) is 11.5. The zero-order valence-corrected chi connectivity index (χ0v) is 11.5. The molecule has 0 unspecified atom stereocenters. The van der Waals surface area contributed by atoms with Gasteiger partial charge in [-0.1, -0.05) is 44.9 Å². The largest absolute Gasteiger partial charge is 0.481 e. The van der Waals surface area contributed by atoms with Gasteiger partial charge in [-0.3, -0.25) is 9.59 Å². The molecule has 2 N–H and O–H groups in total. The van der Waals surface area contributed by atoms with Crippen LogP contribution in [0.4, 0.5) is 5.69 Å². The smallest absolute Gasteiger partial charge is 0.307 e. The van der Waals surface area contributed by atoms with Crippen molar-refractivity contribution in [1.29, 1.82) is 0 Å². The van der Waals surface area contributed by atoms with E-state index in [0.29, 0.717) is 23.6 Å². The number of carbonyl (C=O) groups is 2. The lowest BCUT2D eigenvalue weighted by Crippen LogP contribution is -2.17. The van der Waals surface area contributed by atoms with E-state index in [0.717, 1.165) is 12.8 Å². The normalized spacial score (nSPS) is 10.5. The van der Waals surface area contributed by atoms with Gasteiger partial charge in [0.2, 0.25) is 5.91 Å². The van der Waals surface area contributed by atoms with Crippen molar-refractivity contribution in [3.63, 3.8) is 0 Å². The Morgan fingerprint density at radius 3 is 2.42 bits per heavy atom. The summed E-state index contributed by atoms with van der Waals surface area (Å²) < 4.78 is 0. The minimum absolute atomic E-state index is 0.0495. The Labute approximate surface area is 113 Å². The zero-order chi connectivity index (χ0) is 14.3. The number of rotatable bonds is 7. The Kier molecular flexibility index (Phi) is 6.06. The molecule has 1 aromatic rings. The van der Waals surface area contributed by atoms with Crippen molar-refractivity contribution >= 4 is 17.6 Å². The molecule has 0 atom stereocenters. The topological polar surface area (TPSA) is 66.4 Å². The first-order chi connectivity index (χ1) is 9.06. The molecule has 1 rings (SSSR count). The molecule has 19 heavy (non-hydrogen) atoms. The fourth-order valence-electron chi connectivity index (χ4n) is 2.00. The molecule has 0 aliphatic rings. The monoisotopic (exact) mass is 263 g/mol. The molecule has 0 heterocycles. The van der Waals surface area contributed by atoms with E-state index in [4.69, 9.17) is 5.11 Å². The standard InChI is InChI=1S/C15H21NO3/c1-3-11(4-2)9-14(17)16-13-8-6-5-7-12(13)10-15(18)19/h5-8,11H,3-4,9-10H2,1-2H3,(H,16,17)(H,18,19). The second-order valence-corrected chi connectivity index (χ2v) is 4.66. The van der Waals surface area contributed by atoms with Gasteiger partial charge in [-0.15, -0.1) is 0 Å². The highest BCUT2D eigenvalue weighted by Gasteiger charge is 2.12. The van der Waals surface area contributed by atoms with E-state index in [1.54, 1.807) is 24.3 Å². The van der Waals surface area contributed by atoms with Crippen LogP contribution >= 0.6 is 0 Å². The van der Waals surface area contributed by atoms with E-state index in [1.165, 1.54) is 0 Å². The maximum atomic E-state index is 11.9. The third kappa shape index (κ3) is 5.12. The van der Waals surface area contributed by atoms with Crippen molar-refractivity contribution in [2.45, 2.75) is 39.5 Å². The Bertz CT molecular complexity index is 439. The third-order valence-corrected chi connectivity index (χ3v) is 3.26. The highest BCUT2D eigenvalue weighted by Crippen LogP contribution is 2.18. The molecule has 0 aromatic heterocycles. The summed E-state index contributed by atoms with van der Waals surface area (Å²) in [6.45, 7) is 4.14. The van der Waals surface area contributed by atoms with Crippen LogP contribution in [0.15, 0.2) is 24.3 Å². The van der Waals surface area contributed by atoms with Gasteiger partial charge in [0.05, 0.1) is 6.42 Å². The van der Waals surface area contributed by atoms with Crippen LogP contribution in [-0.2, 0) is 16.0 Å². The number of carboxylic acid groups (broad SMARTS) is 1. The van der Waals surface area contributed by atoms with Crippen LogP contribution in [0, 0.1) is 5.92 Å². The molecular weight excluding hydrogens is 242 g/mol. The number of aliphatic carboxylic acids is 1. The summed E-state index contributed by atoms with van der Waals surface area (Å²) in [6, 6.07) is 7.02. The van der Waals surface area contributed by atoms with Crippen LogP contribution in [0.25, 0.3) is 0 Å². The van der Waals surface area contributed by atoms with Crippen molar-refractivity contribution in [3.05, 3.63) is 29.8 Å². The Hall–Kier alpha value is -1.84. The van der Waals surface area contributed by atoms with E-state index in [9.17, 15) is 9.59 Å². The number of benzene rings is 1. The summed E-state index contributed by atoms with van der Waals surface area (Å²) in [5.74, 6) is -0.570. The first-order valence-corrected chi connectivity index (χ1v) is 6.66. The number of nitrogens with one attached hydrogen (secondary N) is 1. The van der Waals surface area contributed by atoms with Gasteiger partial charge in [-0.25, -0.2) is 0 Å². The quantitative estimate of drug-likeness (QED) is 0.794. The lowest BCUT2D eigenvalue weighted by molar-refractivity contribution is -0.136. The number of hydrogen-bond acceptors (Lipinski definition) is 2. The highest BCUT2D eigenvalue weighted by molar-refractivity contribution is 5.92. The van der Waals surface area contributed by atoms with Crippen molar-refractivity contribution < 1.29 is 14.7 Å². The number of carbonyl (C=O) groups excluding carboxylic acids is 1. The van der Waals surface area contributed by atoms with Gasteiger partial charge in [0.25, 0.3) is 0 Å². The minimum atomic E-state index is -0.901. The van der Waals surface area contributed by atoms with Gasteiger partial charge >= 0.3 is 5.97 Å². The molecule has 0 bridgehead atoms. The van der Waals surface area contributed by atoms with Gasteiger partial charge in [0.1, 0.15) is 0 Å². The Morgan fingerprint density at radius 2 is 1.84 bits per heavy atom. The number of para-hydroxylation sites is 1. The van der Waals surface area contributed by atoms with Crippen molar-refractivity contribution in [1.82, 2.24) is 0 Å². The van der Waals surface area contributed by atoms with E-state index >= 15 is 0 Å². The van der Waals surface area contributed by atoms with Gasteiger partial charge in [0, 0.05) is 12.1 Å². The molecule has 0 aliphatic carbocycles. The minimum Gasteiger partial charge on any atom is -0.481 e. The molecule has 1 aromatic carbocycles. The average molecular weight is 263 g/mol. The van der Waals surface area contributed by atoms with Crippen molar-refractivity contribution in [2.75, 3.05) is 5.32 Å². The second kappa shape index (κ2) is 7.56. The lowest BCUT2D eigenvalue weighted by atomic mass is 9.99. The lowest BCUT2D eigenvalue weighted by Gasteiger charge is -2.13. The highest BCUT2D eigenvalue weighted by atomic mass is 16.4. The summed E-state index contributed by atoms with van der Waals surface area (Å²) in [5.41, 5.74) is 1.23. The maximum absolute atomic E-state index is 11.9. The summed E-state index contributed by atoms with van der Waals surface area (Å²) in [5, 5.41) is 11.6. The fourth-order valence-corrected chi connectivity index (χ4v) is 2.00. The molecular formula is C15H21NO3. The van der Waals surface area contributed by atoms with E-state index in [2.05, 4.69) is 19.2 Å². The van der Waals surface area contributed by atoms with Crippen LogP contribution < -0.4 is 5.32 Å². The molecule has 4 heteroatoms. The van der Waals surface area contributed by atoms with Crippen LogP contribution in [0.3, 0.4) is 0 Å². The molecule has 0 saturated carbocycles. The van der Waals surface area contributed by atoms with Gasteiger partial charge in [-0.05, 0) is 17.5 Å². The fraction of sp³-hybridized carbons (Fsp3) is 0.467. The molecule has 0 fully saturated rings. The number of anilines is 1. The third-order valence-electron chi connectivity index (χ3n) is 3.26. The Balaban J connectivity index is 2.70. The molecule has 0 aliphatic heterocycles. The molecule has 104 valence electrons. The molecule has 1 amide bonds. The van der Waals surface area contributed by atoms with E-state index in [-0.39, 0.29) is 12.3 Å². The van der Waals surface area contributed by atoms with E-state index in [1.807, 2.05) is 0 Å². The summed E-state index contributed by atoms with van der Waals surface area (Å²) >= 11 is 0. The Morgan fingerprint density at radius 1 is 1.21 bits per heavy atom. The first kappa shape index (κ1) is 15.2. The van der Waals surface area contributed by atoms with Crippen LogP contribution in [0.2, 0.25) is 0 Å². The number of hydrogen-bond donors (Lipinski definition) is 2. The van der Waals surface area contributed by atoms with E-state index < -0.39 is 5.97 Å². The van der Waals surface area contributed by atoms with Crippen molar-refractivity contribution in [2.24, 2.45) is 5.92 Å². The summed E-state index contributed by atoms with van der Waals surface area (Å²) in [6.07, 6.45) is 2.34. The van der Waals surface area contributed by atoms with Gasteiger partial charge in [-0.2, -0.15) is 0 Å². The summed E-state index contributed by atoms with van der Waals surface area (Å²) in [7, 11) is 0. The van der Waals surface area contributed by atoms with Crippen LogP contribution in [0.1, 0.15) is 38.7 Å². The predicted octanol–water partition coefficient (Wildman–Crippen LogP) is 3.08. The molecule has 0 radical (unpaired) electrons. The average Bonchev–Trinajstić information content (AvgIpc) is 2.37. The number of amides is 1.